The second kappa shape index (κ2) is 8.09. The number of nitrogens with zero attached hydrogens (tertiary/aromatic N) is 3. The third-order valence-electron chi connectivity index (χ3n) is 5.22. The fourth-order valence-electron chi connectivity index (χ4n) is 3.67. The first-order valence-corrected chi connectivity index (χ1v) is 11.4. The van der Waals surface area contributed by atoms with E-state index in [1.165, 1.54) is 47.0 Å². The van der Waals surface area contributed by atoms with Gasteiger partial charge in [0.05, 0.1) is 5.75 Å². The van der Waals surface area contributed by atoms with Gasteiger partial charge in [0.25, 0.3) is 0 Å². The van der Waals surface area contributed by atoms with Crippen molar-refractivity contribution in [1.82, 2.24) is 14.8 Å². The first-order valence-electron chi connectivity index (χ1n) is 9.52. The Kier molecular flexibility index (Phi) is 5.55. The van der Waals surface area contributed by atoms with Crippen LogP contribution in [0.3, 0.4) is 0 Å². The Balaban J connectivity index is 1.45. The van der Waals surface area contributed by atoms with Crippen molar-refractivity contribution in [2.75, 3.05) is 11.1 Å². The first kappa shape index (κ1) is 19.2. The predicted octanol–water partition coefficient (Wildman–Crippen LogP) is 4.77. The molecular formula is C21H24N4OS2. The zero-order valence-corrected chi connectivity index (χ0v) is 18.0. The molecule has 3 aromatic rings. The molecule has 0 saturated heterocycles. The first-order chi connectivity index (χ1) is 13.5. The molecule has 0 saturated carbocycles. The van der Waals surface area contributed by atoms with Crippen LogP contribution in [0, 0.1) is 13.8 Å². The summed E-state index contributed by atoms with van der Waals surface area (Å²) in [5, 5.41) is 14.8. The summed E-state index contributed by atoms with van der Waals surface area (Å²) in [5.74, 6) is 1.18. The average Bonchev–Trinajstić information content (AvgIpc) is 3.26. The molecule has 0 atom stereocenters. The minimum absolute atomic E-state index is 0.0279. The molecule has 7 heteroatoms. The maximum Gasteiger partial charge on any atom is 0.234 e. The fraction of sp³-hybridized carbons (Fsp3) is 0.381. The Hall–Kier alpha value is -2.12. The lowest BCUT2D eigenvalue weighted by atomic mass is 9.96. The van der Waals surface area contributed by atoms with Crippen LogP contribution in [0.2, 0.25) is 0 Å². The van der Waals surface area contributed by atoms with Crippen LogP contribution in [0.4, 0.5) is 5.69 Å². The molecule has 28 heavy (non-hydrogen) atoms. The van der Waals surface area contributed by atoms with E-state index in [9.17, 15) is 4.79 Å². The van der Waals surface area contributed by atoms with E-state index in [1.807, 2.05) is 55.0 Å². The average molecular weight is 413 g/mol. The van der Waals surface area contributed by atoms with Crippen LogP contribution in [0.5, 0.6) is 0 Å². The van der Waals surface area contributed by atoms with Crippen LogP contribution in [0.25, 0.3) is 11.4 Å². The number of carbonyl (C=O) groups is 1. The number of nitrogens with one attached hydrogen (secondary N) is 1. The zero-order chi connectivity index (χ0) is 19.7. The molecule has 146 valence electrons. The summed E-state index contributed by atoms with van der Waals surface area (Å²) in [7, 11) is 1.98. The second-order valence-electron chi connectivity index (χ2n) is 7.23. The number of carbonyl (C=O) groups excluding carboxylic acids is 1. The standard InChI is InChI=1S/C21H24N4OS2/c1-13-7-6-8-14(2)19(13)22-18(26)12-28-21-24-23-20(25(21)3)16-11-27-17-10-5-4-9-15(16)17/h6-8,11H,4-5,9-10,12H2,1-3H3,(H,22,26). The van der Waals surface area contributed by atoms with Crippen molar-refractivity contribution in [1.29, 1.82) is 0 Å². The molecule has 0 radical (unpaired) electrons. The highest BCUT2D eigenvalue weighted by atomic mass is 32.2. The predicted molar refractivity (Wildman–Crippen MR) is 116 cm³/mol. The van der Waals surface area contributed by atoms with Crippen LogP contribution < -0.4 is 5.32 Å². The fourth-order valence-corrected chi connectivity index (χ4v) is 5.51. The normalized spacial score (nSPS) is 13.4. The minimum Gasteiger partial charge on any atom is -0.325 e. The van der Waals surface area contributed by atoms with E-state index in [-0.39, 0.29) is 5.91 Å². The Labute approximate surface area is 173 Å². The molecule has 1 amide bonds. The summed E-state index contributed by atoms with van der Waals surface area (Å²) in [4.78, 5) is 13.9. The molecular weight excluding hydrogens is 388 g/mol. The number of thioether (sulfide) groups is 1. The lowest BCUT2D eigenvalue weighted by molar-refractivity contribution is -0.113. The third kappa shape index (κ3) is 3.73. The lowest BCUT2D eigenvalue weighted by Crippen LogP contribution is -2.16. The number of rotatable bonds is 5. The Morgan fingerprint density at radius 2 is 1.96 bits per heavy atom. The smallest absolute Gasteiger partial charge is 0.234 e. The summed E-state index contributed by atoms with van der Waals surface area (Å²) in [6.07, 6.45) is 4.83. The van der Waals surface area contributed by atoms with Crippen LogP contribution in [0.15, 0.2) is 28.7 Å². The number of amides is 1. The SMILES string of the molecule is Cc1cccc(C)c1NC(=O)CSc1nnc(-c2csc3c2CCCC3)n1C. The largest absolute Gasteiger partial charge is 0.325 e. The van der Waals surface area contributed by atoms with Gasteiger partial charge in [-0.1, -0.05) is 30.0 Å². The highest BCUT2D eigenvalue weighted by molar-refractivity contribution is 7.99. The van der Waals surface area contributed by atoms with Gasteiger partial charge in [0, 0.05) is 28.6 Å². The number of para-hydroxylation sites is 1. The number of hydrogen-bond acceptors (Lipinski definition) is 5. The summed E-state index contributed by atoms with van der Waals surface area (Å²) >= 11 is 3.26. The van der Waals surface area contributed by atoms with Crippen LogP contribution >= 0.6 is 23.1 Å². The van der Waals surface area contributed by atoms with Crippen molar-refractivity contribution in [2.45, 2.75) is 44.7 Å². The number of hydrogen-bond donors (Lipinski definition) is 1. The van der Waals surface area contributed by atoms with Gasteiger partial charge in [0.15, 0.2) is 11.0 Å². The molecule has 1 aliphatic rings. The summed E-state index contributed by atoms with van der Waals surface area (Å²) < 4.78 is 2.01. The van der Waals surface area contributed by atoms with Crippen molar-refractivity contribution >= 4 is 34.7 Å². The van der Waals surface area contributed by atoms with Crippen molar-refractivity contribution in [3.8, 4) is 11.4 Å². The van der Waals surface area contributed by atoms with Crippen molar-refractivity contribution in [3.63, 3.8) is 0 Å². The number of aryl methyl sites for hydroxylation is 3. The van der Waals surface area contributed by atoms with Crippen LogP contribution in [-0.4, -0.2) is 26.4 Å². The van der Waals surface area contributed by atoms with Gasteiger partial charge in [-0.2, -0.15) is 0 Å². The highest BCUT2D eigenvalue weighted by Crippen LogP contribution is 2.36. The van der Waals surface area contributed by atoms with Gasteiger partial charge in [-0.15, -0.1) is 21.5 Å². The van der Waals surface area contributed by atoms with E-state index in [0.29, 0.717) is 5.75 Å². The van der Waals surface area contributed by atoms with Crippen LogP contribution in [0.1, 0.15) is 34.4 Å². The molecule has 0 unspecified atom stereocenters. The maximum atomic E-state index is 12.4. The summed E-state index contributed by atoms with van der Waals surface area (Å²) in [6.45, 7) is 4.01. The second-order valence-corrected chi connectivity index (χ2v) is 9.13. The topological polar surface area (TPSA) is 59.8 Å². The number of benzene rings is 1. The van der Waals surface area contributed by atoms with E-state index in [0.717, 1.165) is 34.2 Å². The molecule has 1 aromatic carbocycles. The van der Waals surface area contributed by atoms with Gasteiger partial charge < -0.3 is 9.88 Å². The van der Waals surface area contributed by atoms with E-state index in [4.69, 9.17) is 0 Å². The Bertz CT molecular complexity index is 1000. The minimum atomic E-state index is -0.0279. The molecule has 0 spiro atoms. The molecule has 5 nitrogen and oxygen atoms in total. The summed E-state index contributed by atoms with van der Waals surface area (Å²) in [6, 6.07) is 6.01. The number of fused-ring (bicyclic) bond motifs is 1. The maximum absolute atomic E-state index is 12.4. The molecule has 2 aromatic heterocycles. The highest BCUT2D eigenvalue weighted by Gasteiger charge is 2.21. The molecule has 0 bridgehead atoms. The number of thiophene rings is 1. The van der Waals surface area contributed by atoms with Crippen molar-refractivity contribution in [2.24, 2.45) is 7.05 Å². The van der Waals surface area contributed by atoms with E-state index in [1.54, 1.807) is 0 Å². The molecule has 1 N–H and O–H groups in total. The Morgan fingerprint density at radius 3 is 2.75 bits per heavy atom. The molecule has 0 aliphatic heterocycles. The van der Waals surface area contributed by atoms with Gasteiger partial charge in [-0.25, -0.2) is 0 Å². The number of anilines is 1. The molecule has 2 heterocycles. The molecule has 1 aliphatic carbocycles. The molecule has 0 fully saturated rings. The summed E-state index contributed by atoms with van der Waals surface area (Å²) in [5.41, 5.74) is 5.69. The monoisotopic (exact) mass is 412 g/mol. The third-order valence-corrected chi connectivity index (χ3v) is 7.32. The van der Waals surface area contributed by atoms with E-state index < -0.39 is 0 Å². The van der Waals surface area contributed by atoms with E-state index in [2.05, 4.69) is 20.9 Å². The van der Waals surface area contributed by atoms with Gasteiger partial charge in [-0.3, -0.25) is 4.79 Å². The van der Waals surface area contributed by atoms with Crippen LogP contribution in [-0.2, 0) is 24.7 Å². The van der Waals surface area contributed by atoms with E-state index >= 15 is 0 Å². The van der Waals surface area contributed by atoms with Crippen molar-refractivity contribution < 1.29 is 4.79 Å². The molecule has 4 rings (SSSR count). The van der Waals surface area contributed by atoms with Crippen molar-refractivity contribution in [3.05, 3.63) is 45.1 Å². The Morgan fingerprint density at radius 1 is 1.21 bits per heavy atom. The van der Waals surface area contributed by atoms with Gasteiger partial charge in [0.2, 0.25) is 5.91 Å². The van der Waals surface area contributed by atoms with Gasteiger partial charge >= 0.3 is 0 Å². The van der Waals surface area contributed by atoms with Gasteiger partial charge in [-0.05, 0) is 56.2 Å². The quantitative estimate of drug-likeness (QED) is 0.613. The van der Waals surface area contributed by atoms with Gasteiger partial charge in [0.1, 0.15) is 0 Å². The lowest BCUT2D eigenvalue weighted by Gasteiger charge is -2.12. The number of aromatic nitrogens is 3. The zero-order valence-electron chi connectivity index (χ0n) is 16.4.